The first-order chi connectivity index (χ1) is 7.01. The van der Waals surface area contributed by atoms with Gasteiger partial charge in [-0.15, -0.1) is 0 Å². The van der Waals surface area contributed by atoms with Crippen LogP contribution in [0.15, 0.2) is 52.6 Å². The van der Waals surface area contributed by atoms with Gasteiger partial charge in [0.2, 0.25) is 0 Å². The molecule has 0 heterocycles. The maximum absolute atomic E-state index is 4.10. The van der Waals surface area contributed by atoms with Crippen LogP contribution in [0.25, 0.3) is 0 Å². The van der Waals surface area contributed by atoms with Crippen molar-refractivity contribution < 1.29 is 0 Å². The molecule has 0 rings (SSSR count). The molecule has 0 radical (unpaired) electrons. The van der Waals surface area contributed by atoms with Crippen molar-refractivity contribution in [2.45, 2.75) is 27.7 Å². The molecule has 1 heteroatoms. The quantitative estimate of drug-likeness (QED) is 0.482. The van der Waals surface area contributed by atoms with Crippen molar-refractivity contribution in [3.63, 3.8) is 0 Å². The van der Waals surface area contributed by atoms with E-state index < -0.39 is 0 Å². The van der Waals surface area contributed by atoms with Crippen LogP contribution >= 0.6 is 0 Å². The summed E-state index contributed by atoms with van der Waals surface area (Å²) in [6, 6.07) is 0. The zero-order chi connectivity index (χ0) is 11.8. The van der Waals surface area contributed by atoms with Crippen LogP contribution in [0.3, 0.4) is 0 Å². The Morgan fingerprint density at radius 2 is 1.73 bits per heavy atom. The Kier molecular flexibility index (Phi) is 6.35. The van der Waals surface area contributed by atoms with Crippen molar-refractivity contribution in [3.05, 3.63) is 47.6 Å². The van der Waals surface area contributed by atoms with E-state index in [1.807, 2.05) is 26.8 Å². The van der Waals surface area contributed by atoms with E-state index >= 15 is 0 Å². The lowest BCUT2D eigenvalue weighted by Crippen LogP contribution is -1.87. The van der Waals surface area contributed by atoms with E-state index in [1.54, 1.807) is 7.05 Å². The lowest BCUT2D eigenvalue weighted by Gasteiger charge is -2.01. The molecular weight excluding hydrogens is 182 g/mol. The number of allylic oxidation sites excluding steroid dienone is 7. The molecule has 0 aliphatic heterocycles. The molecule has 0 saturated carbocycles. The highest BCUT2D eigenvalue weighted by Crippen LogP contribution is 2.12. The zero-order valence-corrected chi connectivity index (χ0v) is 10.5. The van der Waals surface area contributed by atoms with Gasteiger partial charge in [0.1, 0.15) is 0 Å². The number of aliphatic imine (C=N–C) groups is 1. The molecule has 0 aliphatic rings. The van der Waals surface area contributed by atoms with Crippen LogP contribution in [0.4, 0.5) is 0 Å². The summed E-state index contributed by atoms with van der Waals surface area (Å²) in [5.74, 6) is 0. The van der Waals surface area contributed by atoms with E-state index in [4.69, 9.17) is 0 Å². The van der Waals surface area contributed by atoms with Gasteiger partial charge < -0.3 is 0 Å². The first-order valence-electron chi connectivity index (χ1n) is 5.13. The molecule has 0 saturated heterocycles. The van der Waals surface area contributed by atoms with Crippen molar-refractivity contribution >= 4 is 5.71 Å². The molecule has 0 atom stereocenters. The molecule has 0 spiro atoms. The van der Waals surface area contributed by atoms with Crippen molar-refractivity contribution in [2.24, 2.45) is 4.99 Å². The highest BCUT2D eigenvalue weighted by atomic mass is 14.7. The summed E-state index contributed by atoms with van der Waals surface area (Å²) in [5, 5.41) is 0. The summed E-state index contributed by atoms with van der Waals surface area (Å²) in [6.07, 6.45) is 8.27. The maximum Gasteiger partial charge on any atom is 0.0316 e. The summed E-state index contributed by atoms with van der Waals surface area (Å²) in [4.78, 5) is 4.10. The Bertz CT molecular complexity index is 338. The smallest absolute Gasteiger partial charge is 0.0316 e. The van der Waals surface area contributed by atoms with E-state index in [2.05, 4.69) is 36.7 Å². The zero-order valence-electron chi connectivity index (χ0n) is 10.5. The minimum Gasteiger partial charge on any atom is -0.293 e. The molecule has 0 unspecified atom stereocenters. The Hall–Kier alpha value is -1.37. The van der Waals surface area contributed by atoms with E-state index in [-0.39, 0.29) is 0 Å². The molecule has 0 N–H and O–H groups in total. The van der Waals surface area contributed by atoms with Gasteiger partial charge >= 0.3 is 0 Å². The van der Waals surface area contributed by atoms with Gasteiger partial charge in [0, 0.05) is 12.8 Å². The van der Waals surface area contributed by atoms with Crippen molar-refractivity contribution in [2.75, 3.05) is 7.05 Å². The van der Waals surface area contributed by atoms with Gasteiger partial charge in [0.05, 0.1) is 0 Å². The topological polar surface area (TPSA) is 12.4 Å². The van der Waals surface area contributed by atoms with E-state index in [1.165, 1.54) is 5.57 Å². The first-order valence-corrected chi connectivity index (χ1v) is 5.13. The Morgan fingerprint density at radius 3 is 2.13 bits per heavy atom. The minimum atomic E-state index is 1.03. The maximum atomic E-state index is 4.10. The third-order valence-electron chi connectivity index (χ3n) is 2.01. The minimum absolute atomic E-state index is 1.03. The second kappa shape index (κ2) is 6.99. The normalized spacial score (nSPS) is 14.9. The largest absolute Gasteiger partial charge is 0.293 e. The predicted octanol–water partition coefficient (Wildman–Crippen LogP) is 4.10. The molecule has 0 aromatic rings. The highest BCUT2D eigenvalue weighted by molar-refractivity contribution is 5.93. The fourth-order valence-corrected chi connectivity index (χ4v) is 1.17. The second-order valence-corrected chi connectivity index (χ2v) is 3.63. The molecular formula is C14H21N. The molecule has 0 amide bonds. The van der Waals surface area contributed by atoms with Gasteiger partial charge in [0.25, 0.3) is 0 Å². The van der Waals surface area contributed by atoms with Crippen LogP contribution < -0.4 is 0 Å². The summed E-state index contributed by atoms with van der Waals surface area (Å²) in [7, 11) is 1.80. The lowest BCUT2D eigenvalue weighted by molar-refractivity contribution is 1.39. The van der Waals surface area contributed by atoms with Crippen LogP contribution in [-0.2, 0) is 0 Å². The number of hydrogen-bond donors (Lipinski definition) is 0. The van der Waals surface area contributed by atoms with Crippen molar-refractivity contribution in [3.8, 4) is 0 Å². The molecule has 0 aliphatic carbocycles. The van der Waals surface area contributed by atoms with E-state index in [0.717, 1.165) is 16.9 Å². The van der Waals surface area contributed by atoms with Gasteiger partial charge in [-0.3, -0.25) is 4.99 Å². The fourth-order valence-electron chi connectivity index (χ4n) is 1.17. The van der Waals surface area contributed by atoms with Gasteiger partial charge in [0.15, 0.2) is 0 Å². The highest BCUT2D eigenvalue weighted by Gasteiger charge is 1.93. The molecule has 82 valence electrons. The van der Waals surface area contributed by atoms with Gasteiger partial charge in [-0.05, 0) is 44.9 Å². The standard InChI is InChI=1S/C14H21N/c1-7-8-14(11(2)3)10-12(4)9-13(5)15-6/h7-10H,2H2,1,3-6H3/b8-7-,12-9+,14-10+,15-13?. The van der Waals surface area contributed by atoms with Crippen molar-refractivity contribution in [1.29, 1.82) is 0 Å². The summed E-state index contributed by atoms with van der Waals surface area (Å²) in [5.41, 5.74) is 4.46. The Labute approximate surface area is 93.6 Å². The van der Waals surface area contributed by atoms with Gasteiger partial charge in [-0.25, -0.2) is 0 Å². The van der Waals surface area contributed by atoms with E-state index in [0.29, 0.717) is 0 Å². The number of nitrogens with zero attached hydrogens (tertiary/aromatic N) is 1. The van der Waals surface area contributed by atoms with E-state index in [9.17, 15) is 0 Å². The monoisotopic (exact) mass is 203 g/mol. The van der Waals surface area contributed by atoms with Crippen LogP contribution in [0.2, 0.25) is 0 Å². The first kappa shape index (κ1) is 13.6. The number of rotatable bonds is 4. The van der Waals surface area contributed by atoms with Crippen molar-refractivity contribution in [1.82, 2.24) is 0 Å². The lowest BCUT2D eigenvalue weighted by atomic mass is 10.1. The second-order valence-electron chi connectivity index (χ2n) is 3.63. The third kappa shape index (κ3) is 5.84. The predicted molar refractivity (Wildman–Crippen MR) is 70.5 cm³/mol. The molecule has 0 aromatic carbocycles. The molecule has 15 heavy (non-hydrogen) atoms. The fraction of sp³-hybridized carbons (Fsp3) is 0.357. The van der Waals surface area contributed by atoms with Crippen LogP contribution in [0, 0.1) is 0 Å². The molecule has 0 fully saturated rings. The van der Waals surface area contributed by atoms with Crippen LogP contribution in [0.5, 0.6) is 0 Å². The third-order valence-corrected chi connectivity index (χ3v) is 2.01. The van der Waals surface area contributed by atoms with Gasteiger partial charge in [-0.2, -0.15) is 0 Å². The molecule has 1 nitrogen and oxygen atoms in total. The Morgan fingerprint density at radius 1 is 1.13 bits per heavy atom. The Balaban J connectivity index is 4.99. The summed E-state index contributed by atoms with van der Waals surface area (Å²) >= 11 is 0. The van der Waals surface area contributed by atoms with Crippen LogP contribution in [0.1, 0.15) is 27.7 Å². The molecule has 0 aromatic heterocycles. The average Bonchev–Trinajstić information content (AvgIpc) is 2.16. The summed E-state index contributed by atoms with van der Waals surface area (Å²) < 4.78 is 0. The van der Waals surface area contributed by atoms with Crippen LogP contribution in [-0.4, -0.2) is 12.8 Å². The number of hydrogen-bond acceptors (Lipinski definition) is 1. The average molecular weight is 203 g/mol. The SMILES string of the molecule is C=C(C)C(/C=C\C)=C/C(C)=C/C(C)=NC. The summed E-state index contributed by atoms with van der Waals surface area (Å²) in [6.45, 7) is 12.0. The molecule has 0 bridgehead atoms. The van der Waals surface area contributed by atoms with Gasteiger partial charge in [-0.1, -0.05) is 30.4 Å².